The highest BCUT2D eigenvalue weighted by Gasteiger charge is 2.46. The van der Waals surface area contributed by atoms with E-state index in [0.717, 1.165) is 5.56 Å². The van der Waals surface area contributed by atoms with Crippen molar-refractivity contribution >= 4 is 17.6 Å². The molecule has 0 unspecified atom stereocenters. The molecule has 1 aromatic heterocycles. The van der Waals surface area contributed by atoms with Crippen LogP contribution in [0, 0.1) is 0 Å². The van der Waals surface area contributed by atoms with Crippen LogP contribution in [0.1, 0.15) is 11.6 Å². The van der Waals surface area contributed by atoms with Crippen LogP contribution in [-0.4, -0.2) is 54.7 Å². The smallest absolute Gasteiger partial charge is 0.318 e. The van der Waals surface area contributed by atoms with Gasteiger partial charge in [0.15, 0.2) is 0 Å². The zero-order valence-electron chi connectivity index (χ0n) is 15.1. The van der Waals surface area contributed by atoms with Crippen molar-refractivity contribution in [3.8, 4) is 5.75 Å². The maximum atomic E-state index is 13.8. The fraction of sp³-hybridized carbons (Fsp3) is 0.368. The largest absolute Gasteiger partial charge is 0.491 e. The molecule has 1 aromatic carbocycles. The number of pyridine rings is 1. The molecule has 2 amide bonds. The molecule has 0 radical (unpaired) electrons. The van der Waals surface area contributed by atoms with Crippen LogP contribution in [0.3, 0.4) is 0 Å². The van der Waals surface area contributed by atoms with Crippen LogP contribution in [0.2, 0.25) is 5.02 Å². The minimum Gasteiger partial charge on any atom is -0.491 e. The molecule has 1 fully saturated rings. The molecule has 9 heteroatoms. The Morgan fingerprint density at radius 3 is 2.64 bits per heavy atom. The first kappa shape index (κ1) is 20.3. The van der Waals surface area contributed by atoms with E-state index >= 15 is 0 Å². The number of hydrogen-bond donors (Lipinski definition) is 1. The van der Waals surface area contributed by atoms with Crippen molar-refractivity contribution in [2.45, 2.75) is 18.0 Å². The normalized spacial score (nSPS) is 19.1. The number of hydrogen-bond acceptors (Lipinski definition) is 4. The molecule has 150 valence electrons. The average Bonchev–Trinajstić information content (AvgIpc) is 3.02. The van der Waals surface area contributed by atoms with Gasteiger partial charge in [-0.1, -0.05) is 11.6 Å². The van der Waals surface area contributed by atoms with Crippen LogP contribution in [0.15, 0.2) is 48.8 Å². The van der Waals surface area contributed by atoms with E-state index in [-0.39, 0.29) is 13.2 Å². The quantitative estimate of drug-likeness (QED) is 0.789. The summed E-state index contributed by atoms with van der Waals surface area (Å²) in [5.41, 5.74) is 0.760. The predicted molar refractivity (Wildman–Crippen MR) is 99.8 cm³/mol. The van der Waals surface area contributed by atoms with Gasteiger partial charge in [0.1, 0.15) is 25.0 Å². The molecule has 0 bridgehead atoms. The summed E-state index contributed by atoms with van der Waals surface area (Å²) in [6.45, 7) is -0.809. The second kappa shape index (κ2) is 8.70. The molecule has 2 aromatic rings. The van der Waals surface area contributed by atoms with Gasteiger partial charge in [-0.2, -0.15) is 0 Å². The van der Waals surface area contributed by atoms with Crippen molar-refractivity contribution in [2.75, 3.05) is 26.9 Å². The minimum atomic E-state index is -3.09. The number of alkyl halides is 2. The summed E-state index contributed by atoms with van der Waals surface area (Å²) in [5, 5.41) is 2.93. The summed E-state index contributed by atoms with van der Waals surface area (Å²) in [6, 6.07) is 7.77. The molecular weight excluding hydrogens is 392 g/mol. The number of benzene rings is 1. The Balaban J connectivity index is 1.72. The highest BCUT2D eigenvalue weighted by atomic mass is 35.5. The second-order valence-electron chi connectivity index (χ2n) is 6.45. The van der Waals surface area contributed by atoms with Gasteiger partial charge in [-0.05, 0) is 42.0 Å². The van der Waals surface area contributed by atoms with Gasteiger partial charge in [0.2, 0.25) is 0 Å². The van der Waals surface area contributed by atoms with Crippen molar-refractivity contribution in [3.63, 3.8) is 0 Å². The van der Waals surface area contributed by atoms with Gasteiger partial charge in [-0.15, -0.1) is 0 Å². The number of nitrogens with zero attached hydrogens (tertiary/aromatic N) is 2. The molecule has 1 N–H and O–H groups in total. The van der Waals surface area contributed by atoms with Crippen molar-refractivity contribution in [2.24, 2.45) is 0 Å². The predicted octanol–water partition coefficient (Wildman–Crippen LogP) is 3.53. The van der Waals surface area contributed by atoms with Crippen molar-refractivity contribution < 1.29 is 23.0 Å². The number of ether oxygens (including phenoxy) is 2. The number of carbonyl (C=O) groups is 1. The summed E-state index contributed by atoms with van der Waals surface area (Å²) < 4.78 is 38.1. The fourth-order valence-corrected chi connectivity index (χ4v) is 2.92. The monoisotopic (exact) mass is 411 g/mol. The summed E-state index contributed by atoms with van der Waals surface area (Å²) in [6.07, 6.45) is 3.19. The molecule has 2 heterocycles. The van der Waals surface area contributed by atoms with Gasteiger partial charge in [-0.3, -0.25) is 4.98 Å². The van der Waals surface area contributed by atoms with Crippen molar-refractivity contribution in [1.29, 1.82) is 0 Å². The van der Waals surface area contributed by atoms with E-state index in [9.17, 15) is 13.6 Å². The van der Waals surface area contributed by atoms with Crippen LogP contribution in [-0.2, 0) is 4.74 Å². The molecule has 1 aliphatic rings. The first-order valence-corrected chi connectivity index (χ1v) is 9.02. The minimum absolute atomic E-state index is 0.118. The molecule has 0 aliphatic carbocycles. The first-order chi connectivity index (χ1) is 13.4. The number of halogens is 3. The third kappa shape index (κ3) is 4.88. The maximum Gasteiger partial charge on any atom is 0.318 e. The van der Waals surface area contributed by atoms with Crippen LogP contribution in [0.25, 0.3) is 0 Å². The molecule has 28 heavy (non-hydrogen) atoms. The fourth-order valence-electron chi connectivity index (χ4n) is 2.80. The zero-order chi connectivity index (χ0) is 20.1. The summed E-state index contributed by atoms with van der Waals surface area (Å²) >= 11 is 5.87. The number of carbonyl (C=O) groups excluding carboxylic acids is 1. The van der Waals surface area contributed by atoms with Gasteiger partial charge in [0, 0.05) is 24.5 Å². The summed E-state index contributed by atoms with van der Waals surface area (Å²) in [4.78, 5) is 17.9. The number of amides is 2. The van der Waals surface area contributed by atoms with E-state index in [0.29, 0.717) is 10.8 Å². The van der Waals surface area contributed by atoms with Gasteiger partial charge >= 0.3 is 6.03 Å². The topological polar surface area (TPSA) is 63.7 Å². The Morgan fingerprint density at radius 1 is 1.36 bits per heavy atom. The van der Waals surface area contributed by atoms with Gasteiger partial charge in [-0.25, -0.2) is 13.6 Å². The summed E-state index contributed by atoms with van der Waals surface area (Å²) in [7, 11) is 1.53. The van der Waals surface area contributed by atoms with Crippen molar-refractivity contribution in [1.82, 2.24) is 15.2 Å². The van der Waals surface area contributed by atoms with E-state index in [4.69, 9.17) is 21.1 Å². The average molecular weight is 412 g/mol. The maximum absolute atomic E-state index is 13.8. The van der Waals surface area contributed by atoms with Gasteiger partial charge < -0.3 is 19.7 Å². The second-order valence-corrected chi connectivity index (χ2v) is 6.89. The first-order valence-electron chi connectivity index (χ1n) is 8.64. The van der Waals surface area contributed by atoms with Crippen LogP contribution >= 0.6 is 11.6 Å². The third-order valence-corrected chi connectivity index (χ3v) is 4.74. The highest BCUT2D eigenvalue weighted by molar-refractivity contribution is 6.30. The van der Waals surface area contributed by atoms with Crippen LogP contribution < -0.4 is 10.1 Å². The number of nitrogens with one attached hydrogen (secondary N) is 1. The molecule has 3 rings (SSSR count). The lowest BCUT2D eigenvalue weighted by molar-refractivity contribution is -0.0225. The molecule has 2 atom stereocenters. The Labute approximate surface area is 166 Å². The standard InChI is InChI=1S/C19H20ClF2N3O3/c1-25(18(26)24-17-11-27-12-19(17,21)22)16(13-6-8-23-9-7-13)10-28-15-4-2-14(20)3-5-15/h2-9,16-17H,10-12H2,1H3,(H,24,26)/t16-,17+/m1/s1. The Kier molecular flexibility index (Phi) is 6.31. The van der Waals surface area contributed by atoms with Gasteiger partial charge in [0.05, 0.1) is 12.6 Å². The van der Waals surface area contributed by atoms with Crippen LogP contribution in [0.5, 0.6) is 5.75 Å². The van der Waals surface area contributed by atoms with E-state index < -0.39 is 30.6 Å². The summed E-state index contributed by atoms with van der Waals surface area (Å²) in [5.74, 6) is -2.52. The molecule has 0 spiro atoms. The number of urea groups is 1. The van der Waals surface area contributed by atoms with E-state index in [1.807, 2.05) is 0 Å². The number of aromatic nitrogens is 1. The Morgan fingerprint density at radius 2 is 2.04 bits per heavy atom. The van der Waals surface area contributed by atoms with E-state index in [1.165, 1.54) is 11.9 Å². The van der Waals surface area contributed by atoms with E-state index in [2.05, 4.69) is 10.3 Å². The highest BCUT2D eigenvalue weighted by Crippen LogP contribution is 2.27. The van der Waals surface area contributed by atoms with Gasteiger partial charge in [0.25, 0.3) is 5.92 Å². The molecule has 6 nitrogen and oxygen atoms in total. The van der Waals surface area contributed by atoms with Crippen LogP contribution in [0.4, 0.5) is 13.6 Å². The molecular formula is C19H20ClF2N3O3. The lowest BCUT2D eigenvalue weighted by Gasteiger charge is -2.30. The molecule has 0 saturated carbocycles. The lowest BCUT2D eigenvalue weighted by Crippen LogP contribution is -2.51. The lowest BCUT2D eigenvalue weighted by atomic mass is 10.1. The molecule has 1 saturated heterocycles. The SMILES string of the molecule is CN(C(=O)N[C@H]1COCC1(F)F)[C@H](COc1ccc(Cl)cc1)c1ccncc1. The van der Waals surface area contributed by atoms with E-state index in [1.54, 1.807) is 48.8 Å². The van der Waals surface area contributed by atoms with Crippen molar-refractivity contribution in [3.05, 3.63) is 59.4 Å². The molecule has 1 aliphatic heterocycles. The number of likely N-dealkylation sites (N-methyl/N-ethyl adjacent to an activating group) is 1. The zero-order valence-corrected chi connectivity index (χ0v) is 15.9. The Hall–Kier alpha value is -2.45. The Bertz CT molecular complexity index is 793. The third-order valence-electron chi connectivity index (χ3n) is 4.49. The number of rotatable bonds is 6.